The van der Waals surface area contributed by atoms with Gasteiger partial charge in [0.25, 0.3) is 0 Å². The lowest BCUT2D eigenvalue weighted by Crippen LogP contribution is -2.34. The maximum Gasteiger partial charge on any atom is 0.178 e. The molecular formula is C8H22N2OSi. The first kappa shape index (κ1) is 12.1. The molecule has 1 atom stereocenters. The minimum absolute atomic E-state index is 0.0147. The van der Waals surface area contributed by atoms with E-state index >= 15 is 0 Å². The zero-order chi connectivity index (χ0) is 9.61. The van der Waals surface area contributed by atoms with Crippen LogP contribution < -0.4 is 11.5 Å². The molecule has 0 aliphatic heterocycles. The van der Waals surface area contributed by atoms with Crippen LogP contribution in [-0.2, 0) is 4.43 Å². The molecule has 4 heteroatoms. The Morgan fingerprint density at radius 3 is 2.50 bits per heavy atom. The van der Waals surface area contributed by atoms with Gasteiger partial charge < -0.3 is 15.9 Å². The summed E-state index contributed by atoms with van der Waals surface area (Å²) in [6.45, 7) is 6.97. The van der Waals surface area contributed by atoms with E-state index in [4.69, 9.17) is 15.9 Å². The third-order valence-electron chi connectivity index (χ3n) is 1.72. The van der Waals surface area contributed by atoms with E-state index in [1.165, 1.54) is 0 Å². The highest BCUT2D eigenvalue weighted by Gasteiger charge is 2.17. The van der Waals surface area contributed by atoms with Crippen LogP contribution >= 0.6 is 0 Å². The van der Waals surface area contributed by atoms with Crippen molar-refractivity contribution in [1.82, 2.24) is 0 Å². The average molecular weight is 190 g/mol. The molecular weight excluding hydrogens is 168 g/mol. The quantitative estimate of drug-likeness (QED) is 0.575. The van der Waals surface area contributed by atoms with Gasteiger partial charge >= 0.3 is 0 Å². The normalized spacial score (nSPS) is 15.8. The summed E-state index contributed by atoms with van der Waals surface area (Å²) in [5, 5.41) is 0. The zero-order valence-electron chi connectivity index (χ0n) is 8.47. The minimum Gasteiger partial charge on any atom is -0.418 e. The van der Waals surface area contributed by atoms with E-state index in [1.807, 2.05) is 6.92 Å². The van der Waals surface area contributed by atoms with Crippen molar-refractivity contribution in [2.75, 3.05) is 6.54 Å². The molecule has 0 amide bonds. The van der Waals surface area contributed by atoms with Crippen molar-refractivity contribution >= 4 is 9.76 Å². The molecule has 0 aliphatic carbocycles. The van der Waals surface area contributed by atoms with Crippen molar-refractivity contribution in [3.8, 4) is 0 Å². The first-order valence-electron chi connectivity index (χ1n) is 4.57. The van der Waals surface area contributed by atoms with Crippen molar-refractivity contribution < 1.29 is 4.43 Å². The molecule has 0 aromatic rings. The zero-order valence-corrected chi connectivity index (χ0v) is 9.88. The molecule has 0 fully saturated rings. The number of hydrogen-bond donors (Lipinski definition) is 2. The van der Waals surface area contributed by atoms with Crippen LogP contribution in [0.3, 0.4) is 0 Å². The van der Waals surface area contributed by atoms with Crippen molar-refractivity contribution in [1.29, 1.82) is 0 Å². The summed E-state index contributed by atoms with van der Waals surface area (Å²) in [4.78, 5) is 0. The van der Waals surface area contributed by atoms with Crippen LogP contribution in [0.15, 0.2) is 0 Å². The molecule has 0 heterocycles. The molecule has 0 aliphatic rings. The third-order valence-corrected chi connectivity index (χ3v) is 3.19. The Labute approximate surface area is 77.8 Å². The summed E-state index contributed by atoms with van der Waals surface area (Å²) in [5.41, 5.74) is 11.3. The number of nitrogens with two attached hydrogens (primary N) is 2. The highest BCUT2D eigenvalue weighted by molar-refractivity contribution is 6.29. The molecule has 1 unspecified atom stereocenters. The van der Waals surface area contributed by atoms with Crippen LogP contribution in [0.25, 0.3) is 0 Å². The van der Waals surface area contributed by atoms with Crippen LogP contribution in [0.1, 0.15) is 33.6 Å². The second-order valence-electron chi connectivity index (χ2n) is 3.94. The van der Waals surface area contributed by atoms with Gasteiger partial charge in [-0.1, -0.05) is 6.92 Å². The standard InChI is InChI=1S/C8H22N2OSi/c1-7(10)12-11-8(2,3)5-4-6-9/h7H,4-6,9-10,12H2,1-3H3. The van der Waals surface area contributed by atoms with Gasteiger partial charge in [0, 0.05) is 11.3 Å². The van der Waals surface area contributed by atoms with Crippen LogP contribution in [0.4, 0.5) is 0 Å². The summed E-state index contributed by atoms with van der Waals surface area (Å²) < 4.78 is 5.75. The van der Waals surface area contributed by atoms with E-state index in [2.05, 4.69) is 13.8 Å². The molecule has 12 heavy (non-hydrogen) atoms. The monoisotopic (exact) mass is 190 g/mol. The molecule has 74 valence electrons. The van der Waals surface area contributed by atoms with Crippen LogP contribution in [0, 0.1) is 0 Å². The Balaban J connectivity index is 3.56. The van der Waals surface area contributed by atoms with Crippen molar-refractivity contribution in [3.05, 3.63) is 0 Å². The predicted molar refractivity (Wildman–Crippen MR) is 55.6 cm³/mol. The maximum atomic E-state index is 5.75. The van der Waals surface area contributed by atoms with Gasteiger partial charge in [-0.25, -0.2) is 0 Å². The number of hydrogen-bond acceptors (Lipinski definition) is 3. The van der Waals surface area contributed by atoms with Gasteiger partial charge in [0.05, 0.1) is 0 Å². The first-order chi connectivity index (χ1) is 5.48. The summed E-state index contributed by atoms with van der Waals surface area (Å²) >= 11 is 0. The van der Waals surface area contributed by atoms with Crippen molar-refractivity contribution in [2.45, 2.75) is 44.9 Å². The van der Waals surface area contributed by atoms with Crippen LogP contribution in [0.5, 0.6) is 0 Å². The average Bonchev–Trinajstić information content (AvgIpc) is 1.98. The summed E-state index contributed by atoms with van der Waals surface area (Å²) in [5.74, 6) is 0. The fourth-order valence-electron chi connectivity index (χ4n) is 0.957. The van der Waals surface area contributed by atoms with Crippen molar-refractivity contribution in [2.24, 2.45) is 11.5 Å². The maximum absolute atomic E-state index is 5.75. The largest absolute Gasteiger partial charge is 0.418 e. The van der Waals surface area contributed by atoms with E-state index in [0.29, 0.717) is 0 Å². The first-order valence-corrected chi connectivity index (χ1v) is 5.97. The van der Waals surface area contributed by atoms with Crippen LogP contribution in [0.2, 0.25) is 0 Å². The van der Waals surface area contributed by atoms with Gasteiger partial charge in [0.1, 0.15) is 0 Å². The van der Waals surface area contributed by atoms with E-state index in [9.17, 15) is 0 Å². The Bertz CT molecular complexity index is 118. The van der Waals surface area contributed by atoms with Gasteiger partial charge in [-0.2, -0.15) is 0 Å². The fraction of sp³-hybridized carbons (Fsp3) is 1.00. The van der Waals surface area contributed by atoms with Gasteiger partial charge in [-0.15, -0.1) is 0 Å². The molecule has 4 N–H and O–H groups in total. The van der Waals surface area contributed by atoms with E-state index in [0.717, 1.165) is 19.4 Å². The van der Waals surface area contributed by atoms with E-state index in [1.54, 1.807) is 0 Å². The molecule has 0 saturated heterocycles. The fourth-order valence-corrected chi connectivity index (χ4v) is 1.82. The summed E-state index contributed by atoms with van der Waals surface area (Å²) in [6.07, 6.45) is 2.06. The van der Waals surface area contributed by atoms with Crippen LogP contribution in [-0.4, -0.2) is 27.6 Å². The SMILES string of the molecule is CC(N)[SiH2]OC(C)(C)CCCN. The van der Waals surface area contributed by atoms with Crippen molar-refractivity contribution in [3.63, 3.8) is 0 Å². The molecule has 0 saturated carbocycles. The predicted octanol–water partition coefficient (Wildman–Crippen LogP) is -0.0910. The van der Waals surface area contributed by atoms with Gasteiger partial charge in [0.2, 0.25) is 0 Å². The Morgan fingerprint density at radius 1 is 1.50 bits per heavy atom. The lowest BCUT2D eigenvalue weighted by Gasteiger charge is -2.26. The second kappa shape index (κ2) is 5.69. The minimum atomic E-state index is -0.549. The lowest BCUT2D eigenvalue weighted by molar-refractivity contribution is 0.102. The molecule has 0 aromatic carbocycles. The van der Waals surface area contributed by atoms with Gasteiger partial charge in [-0.05, 0) is 33.2 Å². The highest BCUT2D eigenvalue weighted by Crippen LogP contribution is 2.15. The Kier molecular flexibility index (Phi) is 5.74. The molecule has 0 rings (SSSR count). The summed E-state index contributed by atoms with van der Waals surface area (Å²) in [7, 11) is -0.549. The third kappa shape index (κ3) is 6.79. The Hall–Kier alpha value is 0.0969. The molecule has 0 spiro atoms. The van der Waals surface area contributed by atoms with E-state index < -0.39 is 9.76 Å². The van der Waals surface area contributed by atoms with E-state index in [-0.39, 0.29) is 11.3 Å². The molecule has 0 radical (unpaired) electrons. The molecule has 3 nitrogen and oxygen atoms in total. The van der Waals surface area contributed by atoms with Gasteiger partial charge in [-0.3, -0.25) is 0 Å². The topological polar surface area (TPSA) is 61.3 Å². The lowest BCUT2D eigenvalue weighted by atomic mass is 10.0. The van der Waals surface area contributed by atoms with Gasteiger partial charge in [0.15, 0.2) is 9.76 Å². The smallest absolute Gasteiger partial charge is 0.178 e. The Morgan fingerprint density at radius 2 is 2.08 bits per heavy atom. The molecule has 0 bridgehead atoms. The number of rotatable bonds is 6. The molecule has 0 aromatic heterocycles. The highest BCUT2D eigenvalue weighted by atomic mass is 28.2. The second-order valence-corrected chi connectivity index (χ2v) is 5.85. The summed E-state index contributed by atoms with van der Waals surface area (Å²) in [6, 6.07) is 0.